The number of nitrogens with one attached hydrogen (secondary N) is 1. The van der Waals surface area contributed by atoms with Gasteiger partial charge in [0.05, 0.1) is 11.8 Å². The molecule has 1 heterocycles. The third-order valence-corrected chi connectivity index (χ3v) is 5.23. The Balaban J connectivity index is 1.33. The molecule has 24 heavy (non-hydrogen) atoms. The van der Waals surface area contributed by atoms with E-state index in [-0.39, 0.29) is 23.9 Å². The van der Waals surface area contributed by atoms with Gasteiger partial charge in [0.25, 0.3) is 5.91 Å². The van der Waals surface area contributed by atoms with Crippen molar-refractivity contribution in [3.8, 4) is 0 Å². The largest absolute Gasteiger partial charge is 0.462 e. The van der Waals surface area contributed by atoms with E-state index in [0.717, 1.165) is 6.42 Å². The molecule has 1 N–H and O–H groups in total. The van der Waals surface area contributed by atoms with Crippen LogP contribution in [0.5, 0.6) is 0 Å². The molecule has 3 fully saturated rings. The van der Waals surface area contributed by atoms with Gasteiger partial charge < -0.3 is 14.8 Å². The number of carbonyl (C=O) groups is 3. The SMILES string of the molecule is O=C(COC(=O)[C@@H]1[C@H]2C[C@@H]3[C@@H]1C(=O)O[C@@H]3C2)Nc1ccc(F)cc1. The fourth-order valence-electron chi connectivity index (χ4n) is 4.29. The van der Waals surface area contributed by atoms with E-state index in [1.807, 2.05) is 0 Å². The molecule has 0 radical (unpaired) electrons. The Morgan fingerprint density at radius 3 is 2.75 bits per heavy atom. The van der Waals surface area contributed by atoms with Crippen molar-refractivity contribution in [2.24, 2.45) is 23.7 Å². The van der Waals surface area contributed by atoms with E-state index in [1.165, 1.54) is 24.3 Å². The maximum absolute atomic E-state index is 12.8. The van der Waals surface area contributed by atoms with Crippen LogP contribution in [-0.4, -0.2) is 30.6 Å². The van der Waals surface area contributed by atoms with Crippen LogP contribution in [0.25, 0.3) is 0 Å². The Kier molecular flexibility index (Phi) is 3.51. The number of anilines is 1. The topological polar surface area (TPSA) is 81.7 Å². The monoisotopic (exact) mass is 333 g/mol. The van der Waals surface area contributed by atoms with E-state index in [1.54, 1.807) is 0 Å². The first-order chi connectivity index (χ1) is 11.5. The van der Waals surface area contributed by atoms with Gasteiger partial charge in [-0.3, -0.25) is 14.4 Å². The fourth-order valence-corrected chi connectivity index (χ4v) is 4.29. The van der Waals surface area contributed by atoms with Crippen molar-refractivity contribution >= 4 is 23.5 Å². The summed E-state index contributed by atoms with van der Waals surface area (Å²) in [5.41, 5.74) is 0.416. The number of benzene rings is 1. The Labute approximate surface area is 137 Å². The zero-order chi connectivity index (χ0) is 16.8. The summed E-state index contributed by atoms with van der Waals surface area (Å²) in [6.45, 7) is -0.435. The van der Waals surface area contributed by atoms with E-state index in [9.17, 15) is 18.8 Å². The van der Waals surface area contributed by atoms with E-state index >= 15 is 0 Å². The Hall–Kier alpha value is -2.44. The number of rotatable bonds is 4. The second-order valence-corrected chi connectivity index (χ2v) is 6.59. The standard InChI is InChI=1S/C17H16FNO5/c18-9-1-3-10(4-2-9)19-13(20)7-23-16(21)14-8-5-11-12(6-8)24-17(22)15(11)14/h1-4,8,11-12,14-15H,5-7H2,(H,19,20)/t8-,11-,12+,14+,15-/m0/s1. The van der Waals surface area contributed by atoms with Gasteiger partial charge >= 0.3 is 11.9 Å². The van der Waals surface area contributed by atoms with Gasteiger partial charge in [0.1, 0.15) is 11.9 Å². The second-order valence-electron chi connectivity index (χ2n) is 6.59. The normalized spacial score (nSPS) is 32.5. The van der Waals surface area contributed by atoms with Gasteiger partial charge in [0.15, 0.2) is 6.61 Å². The van der Waals surface area contributed by atoms with Gasteiger partial charge in [-0.2, -0.15) is 0 Å². The number of esters is 2. The molecule has 7 heteroatoms. The van der Waals surface area contributed by atoms with Crippen molar-refractivity contribution in [2.75, 3.05) is 11.9 Å². The molecule has 1 saturated heterocycles. The van der Waals surface area contributed by atoms with Gasteiger partial charge in [-0.25, -0.2) is 4.39 Å². The van der Waals surface area contributed by atoms with Crippen LogP contribution < -0.4 is 5.32 Å². The molecule has 0 unspecified atom stereocenters. The highest BCUT2D eigenvalue weighted by Crippen LogP contribution is 2.57. The average molecular weight is 333 g/mol. The number of amides is 1. The number of hydrogen-bond donors (Lipinski definition) is 1. The van der Waals surface area contributed by atoms with Crippen LogP contribution in [0.15, 0.2) is 24.3 Å². The van der Waals surface area contributed by atoms with E-state index < -0.39 is 36.1 Å². The number of halogens is 1. The predicted octanol–water partition coefficient (Wildman–Crippen LogP) is 1.50. The number of carbonyl (C=O) groups excluding carboxylic acids is 3. The molecule has 2 aliphatic carbocycles. The molecule has 2 saturated carbocycles. The maximum Gasteiger partial charge on any atom is 0.310 e. The Bertz CT molecular complexity index is 701. The highest BCUT2D eigenvalue weighted by atomic mass is 19.1. The van der Waals surface area contributed by atoms with Gasteiger partial charge in [0.2, 0.25) is 0 Å². The molecule has 1 aromatic rings. The molecule has 1 aromatic carbocycles. The number of hydrogen-bond acceptors (Lipinski definition) is 5. The molecule has 126 valence electrons. The lowest BCUT2D eigenvalue weighted by Crippen LogP contribution is -2.34. The minimum Gasteiger partial charge on any atom is -0.462 e. The summed E-state index contributed by atoms with van der Waals surface area (Å²) in [4.78, 5) is 36.0. The van der Waals surface area contributed by atoms with Crippen LogP contribution in [0, 0.1) is 29.5 Å². The Morgan fingerprint density at radius 2 is 2.00 bits per heavy atom. The lowest BCUT2D eigenvalue weighted by Gasteiger charge is -2.22. The molecule has 1 amide bonds. The van der Waals surface area contributed by atoms with E-state index in [4.69, 9.17) is 9.47 Å². The number of fused-ring (bicyclic) bond motifs is 1. The minimum atomic E-state index is -0.515. The number of ether oxygens (including phenoxy) is 2. The van der Waals surface area contributed by atoms with Crippen molar-refractivity contribution in [3.63, 3.8) is 0 Å². The summed E-state index contributed by atoms with van der Waals surface area (Å²) in [6, 6.07) is 5.28. The molecule has 4 rings (SSSR count). The van der Waals surface area contributed by atoms with Crippen molar-refractivity contribution in [2.45, 2.75) is 18.9 Å². The molecule has 3 aliphatic rings. The van der Waals surface area contributed by atoms with Gasteiger partial charge in [-0.05, 0) is 43.0 Å². The first kappa shape index (κ1) is 15.1. The van der Waals surface area contributed by atoms with Crippen molar-refractivity contribution in [1.82, 2.24) is 0 Å². The molecular formula is C17H16FNO5. The maximum atomic E-state index is 12.8. The summed E-state index contributed by atoms with van der Waals surface area (Å²) < 4.78 is 23.2. The zero-order valence-corrected chi connectivity index (χ0v) is 12.7. The van der Waals surface area contributed by atoms with E-state index in [0.29, 0.717) is 12.1 Å². The van der Waals surface area contributed by atoms with Gasteiger partial charge in [-0.15, -0.1) is 0 Å². The van der Waals surface area contributed by atoms with Crippen LogP contribution in [0.4, 0.5) is 10.1 Å². The van der Waals surface area contributed by atoms with Crippen LogP contribution in [0.1, 0.15) is 12.8 Å². The predicted molar refractivity (Wildman–Crippen MR) is 79.1 cm³/mol. The first-order valence-electron chi connectivity index (χ1n) is 7.95. The van der Waals surface area contributed by atoms with Crippen LogP contribution in [-0.2, 0) is 23.9 Å². The fraction of sp³-hybridized carbons (Fsp3) is 0.471. The van der Waals surface area contributed by atoms with Gasteiger partial charge in [-0.1, -0.05) is 0 Å². The highest BCUT2D eigenvalue weighted by molar-refractivity contribution is 5.93. The summed E-state index contributed by atoms with van der Waals surface area (Å²) in [5, 5.41) is 2.52. The lowest BCUT2D eigenvalue weighted by molar-refractivity contribution is -0.157. The second kappa shape index (κ2) is 5.58. The van der Waals surface area contributed by atoms with E-state index in [2.05, 4.69) is 5.32 Å². The zero-order valence-electron chi connectivity index (χ0n) is 12.7. The average Bonchev–Trinajstić information content (AvgIpc) is 3.16. The molecule has 1 aliphatic heterocycles. The molecule has 5 atom stereocenters. The van der Waals surface area contributed by atoms with Crippen LogP contribution in [0.3, 0.4) is 0 Å². The molecule has 2 bridgehead atoms. The smallest absolute Gasteiger partial charge is 0.310 e. The third kappa shape index (κ3) is 2.44. The molecule has 0 spiro atoms. The summed E-state index contributed by atoms with van der Waals surface area (Å²) in [7, 11) is 0. The van der Waals surface area contributed by atoms with Gasteiger partial charge in [0, 0.05) is 11.6 Å². The quantitative estimate of drug-likeness (QED) is 0.845. The first-order valence-corrected chi connectivity index (χ1v) is 7.95. The van der Waals surface area contributed by atoms with Crippen LogP contribution >= 0.6 is 0 Å². The Morgan fingerprint density at radius 1 is 1.25 bits per heavy atom. The van der Waals surface area contributed by atoms with Crippen molar-refractivity contribution in [3.05, 3.63) is 30.1 Å². The van der Waals surface area contributed by atoms with Crippen molar-refractivity contribution < 1.29 is 28.2 Å². The molecular weight excluding hydrogens is 317 g/mol. The minimum absolute atomic E-state index is 0.0432. The summed E-state index contributed by atoms with van der Waals surface area (Å²) in [5.74, 6) is -2.44. The summed E-state index contributed by atoms with van der Waals surface area (Å²) >= 11 is 0. The molecule has 0 aromatic heterocycles. The van der Waals surface area contributed by atoms with Crippen molar-refractivity contribution in [1.29, 1.82) is 0 Å². The van der Waals surface area contributed by atoms with Crippen LogP contribution in [0.2, 0.25) is 0 Å². The lowest BCUT2D eigenvalue weighted by atomic mass is 9.80. The molecule has 6 nitrogen and oxygen atoms in total. The highest BCUT2D eigenvalue weighted by Gasteiger charge is 2.64. The summed E-state index contributed by atoms with van der Waals surface area (Å²) in [6.07, 6.45) is 1.47. The third-order valence-electron chi connectivity index (χ3n) is 5.23.